The van der Waals surface area contributed by atoms with Crippen molar-refractivity contribution in [3.8, 4) is 17.4 Å². The highest BCUT2D eigenvalue weighted by Crippen LogP contribution is 2.35. The summed E-state index contributed by atoms with van der Waals surface area (Å²) in [5.41, 5.74) is 1.89. The van der Waals surface area contributed by atoms with Crippen LogP contribution in [0.5, 0.6) is 17.4 Å². The highest BCUT2D eigenvalue weighted by Gasteiger charge is 2.34. The Bertz CT molecular complexity index is 1090. The van der Waals surface area contributed by atoms with Crippen LogP contribution in [-0.4, -0.2) is 37.0 Å². The minimum Gasteiger partial charge on any atom is -0.493 e. The quantitative estimate of drug-likeness (QED) is 0.426. The molecule has 1 saturated heterocycles. The van der Waals surface area contributed by atoms with Crippen LogP contribution in [0.3, 0.4) is 0 Å². The van der Waals surface area contributed by atoms with Crippen LogP contribution in [0.15, 0.2) is 66.9 Å². The fourth-order valence-corrected chi connectivity index (χ4v) is 4.28. The van der Waals surface area contributed by atoms with Crippen LogP contribution >= 0.6 is 23.8 Å². The summed E-state index contributed by atoms with van der Waals surface area (Å²) in [5.74, 6) is 1.72. The Morgan fingerprint density at radius 2 is 1.88 bits per heavy atom. The lowest BCUT2D eigenvalue weighted by Crippen LogP contribution is -2.45. The molecule has 0 amide bonds. The fraction of sp³-hybridized carbons (Fsp3) is 0.280. The summed E-state index contributed by atoms with van der Waals surface area (Å²) < 4.78 is 16.7. The molecule has 4 rings (SSSR count). The summed E-state index contributed by atoms with van der Waals surface area (Å²) in [4.78, 5) is 4.36. The predicted octanol–water partition coefficient (Wildman–Crippen LogP) is 5.57. The highest BCUT2D eigenvalue weighted by atomic mass is 35.5. The zero-order valence-electron chi connectivity index (χ0n) is 18.3. The van der Waals surface area contributed by atoms with Crippen molar-refractivity contribution in [2.75, 3.05) is 32.2 Å². The number of hydrogen-bond donors (Lipinski definition) is 2. The van der Waals surface area contributed by atoms with Crippen LogP contribution in [0.2, 0.25) is 5.02 Å². The zero-order chi connectivity index (χ0) is 23.1. The fourth-order valence-electron chi connectivity index (χ4n) is 3.90. The van der Waals surface area contributed by atoms with E-state index < -0.39 is 0 Å². The normalized spacial score (nSPS) is 14.8. The summed E-state index contributed by atoms with van der Waals surface area (Å²) >= 11 is 11.8. The van der Waals surface area contributed by atoms with Crippen molar-refractivity contribution in [3.05, 3.63) is 77.4 Å². The van der Waals surface area contributed by atoms with Crippen LogP contribution in [0, 0.1) is 0 Å². The molecule has 0 bridgehead atoms. The van der Waals surface area contributed by atoms with Crippen LogP contribution in [0.1, 0.15) is 18.4 Å². The second-order valence-corrected chi connectivity index (χ2v) is 8.69. The van der Waals surface area contributed by atoms with E-state index in [9.17, 15) is 0 Å². The lowest BCUT2D eigenvalue weighted by Gasteiger charge is -2.38. The van der Waals surface area contributed by atoms with Gasteiger partial charge >= 0.3 is 0 Å². The number of rotatable bonds is 7. The van der Waals surface area contributed by atoms with E-state index in [-0.39, 0.29) is 5.41 Å². The van der Waals surface area contributed by atoms with Crippen molar-refractivity contribution in [2.45, 2.75) is 18.3 Å². The van der Waals surface area contributed by atoms with Gasteiger partial charge in [-0.1, -0.05) is 35.9 Å². The molecule has 0 aliphatic carbocycles. The third-order valence-electron chi connectivity index (χ3n) is 5.75. The largest absolute Gasteiger partial charge is 0.493 e. The third kappa shape index (κ3) is 5.93. The first-order valence-electron chi connectivity index (χ1n) is 10.7. The standard InChI is InChI=1S/C25H26ClN3O3S/c1-30-21-7-2-3-8-22(21)32-23-10-9-20(16-27-23)29-24(33)28-17-25(11-13-31-14-12-25)18-5-4-6-19(26)15-18/h2-10,15-16H,11-14,17H2,1H3,(H2,28,29,33). The van der Waals surface area contributed by atoms with E-state index in [2.05, 4.69) is 21.7 Å². The summed E-state index contributed by atoms with van der Waals surface area (Å²) in [6, 6.07) is 19.1. The summed E-state index contributed by atoms with van der Waals surface area (Å²) in [5, 5.41) is 7.84. The number of methoxy groups -OCH3 is 1. The third-order valence-corrected chi connectivity index (χ3v) is 6.23. The molecule has 1 aliphatic rings. The van der Waals surface area contributed by atoms with Gasteiger partial charge in [-0.2, -0.15) is 0 Å². The Labute approximate surface area is 204 Å². The molecular weight excluding hydrogens is 458 g/mol. The molecule has 6 nitrogen and oxygen atoms in total. The number of thiocarbonyl (C=S) groups is 1. The molecule has 2 heterocycles. The Morgan fingerprint density at radius 1 is 1.09 bits per heavy atom. The van der Waals surface area contributed by atoms with E-state index in [0.29, 0.717) is 42.2 Å². The molecule has 172 valence electrons. The number of nitrogens with zero attached hydrogens (tertiary/aromatic N) is 1. The molecule has 0 atom stereocenters. The molecule has 0 unspecified atom stereocenters. The van der Waals surface area contributed by atoms with Gasteiger partial charge in [-0.25, -0.2) is 4.98 Å². The molecule has 1 fully saturated rings. The number of nitrogens with one attached hydrogen (secondary N) is 2. The lowest BCUT2D eigenvalue weighted by molar-refractivity contribution is 0.0515. The van der Waals surface area contributed by atoms with Gasteiger partial charge in [0, 0.05) is 36.3 Å². The molecule has 0 saturated carbocycles. The molecule has 2 N–H and O–H groups in total. The van der Waals surface area contributed by atoms with Crippen molar-refractivity contribution < 1.29 is 14.2 Å². The van der Waals surface area contributed by atoms with Crippen LogP contribution < -0.4 is 20.1 Å². The molecule has 0 spiro atoms. The van der Waals surface area contributed by atoms with Crippen molar-refractivity contribution in [3.63, 3.8) is 0 Å². The molecule has 3 aromatic rings. The van der Waals surface area contributed by atoms with Gasteiger partial charge in [0.15, 0.2) is 16.6 Å². The SMILES string of the molecule is COc1ccccc1Oc1ccc(NC(=S)NCC2(c3cccc(Cl)c3)CCOCC2)cn1. The number of hydrogen-bond acceptors (Lipinski definition) is 5. The van der Waals surface area contributed by atoms with Gasteiger partial charge in [0.05, 0.1) is 19.0 Å². The Hall–Kier alpha value is -2.87. The first-order chi connectivity index (χ1) is 16.1. The predicted molar refractivity (Wildman–Crippen MR) is 135 cm³/mol. The molecule has 1 aliphatic heterocycles. The highest BCUT2D eigenvalue weighted by molar-refractivity contribution is 7.80. The second kappa shape index (κ2) is 10.8. The van der Waals surface area contributed by atoms with Crippen LogP contribution in [0.25, 0.3) is 0 Å². The Kier molecular flexibility index (Phi) is 7.65. The van der Waals surface area contributed by atoms with Crippen molar-refractivity contribution in [1.82, 2.24) is 10.3 Å². The van der Waals surface area contributed by atoms with Crippen molar-refractivity contribution >= 4 is 34.6 Å². The molecule has 8 heteroatoms. The van der Waals surface area contributed by atoms with E-state index in [4.69, 9.17) is 38.0 Å². The maximum atomic E-state index is 6.26. The van der Waals surface area contributed by atoms with E-state index in [1.54, 1.807) is 19.4 Å². The van der Waals surface area contributed by atoms with E-state index >= 15 is 0 Å². The van der Waals surface area contributed by atoms with Crippen molar-refractivity contribution in [1.29, 1.82) is 0 Å². The topological polar surface area (TPSA) is 64.6 Å². The summed E-state index contributed by atoms with van der Waals surface area (Å²) in [6.45, 7) is 2.11. The van der Waals surface area contributed by atoms with Gasteiger partial charge in [0.2, 0.25) is 5.88 Å². The number of benzene rings is 2. The molecule has 33 heavy (non-hydrogen) atoms. The number of pyridine rings is 1. The maximum Gasteiger partial charge on any atom is 0.219 e. The van der Waals surface area contributed by atoms with Gasteiger partial charge < -0.3 is 24.8 Å². The monoisotopic (exact) mass is 483 g/mol. The van der Waals surface area contributed by atoms with Crippen molar-refractivity contribution in [2.24, 2.45) is 0 Å². The van der Waals surface area contributed by atoms with E-state index in [1.165, 1.54) is 5.56 Å². The number of aromatic nitrogens is 1. The number of ether oxygens (including phenoxy) is 3. The average Bonchev–Trinajstić information content (AvgIpc) is 2.85. The van der Waals surface area contributed by atoms with Gasteiger partial charge in [-0.3, -0.25) is 0 Å². The summed E-state index contributed by atoms with van der Waals surface area (Å²) in [6.07, 6.45) is 3.49. The van der Waals surface area contributed by atoms with E-state index in [0.717, 1.165) is 23.6 Å². The second-order valence-electron chi connectivity index (χ2n) is 7.85. The van der Waals surface area contributed by atoms with Gasteiger partial charge in [0.25, 0.3) is 0 Å². The Balaban J connectivity index is 1.37. The van der Waals surface area contributed by atoms with Gasteiger partial charge in [0.1, 0.15) is 0 Å². The lowest BCUT2D eigenvalue weighted by atomic mass is 9.74. The molecule has 1 aromatic heterocycles. The smallest absolute Gasteiger partial charge is 0.219 e. The Morgan fingerprint density at radius 3 is 2.58 bits per heavy atom. The summed E-state index contributed by atoms with van der Waals surface area (Å²) in [7, 11) is 1.60. The minimum atomic E-state index is -0.0838. The molecule has 0 radical (unpaired) electrons. The first kappa shape index (κ1) is 23.3. The van der Waals surface area contributed by atoms with E-state index in [1.807, 2.05) is 48.5 Å². The maximum absolute atomic E-state index is 6.26. The molecule has 2 aromatic carbocycles. The van der Waals surface area contributed by atoms with Crippen LogP contribution in [0.4, 0.5) is 5.69 Å². The number of para-hydroxylation sites is 2. The number of anilines is 1. The number of halogens is 1. The van der Waals surface area contributed by atoms with Gasteiger partial charge in [-0.15, -0.1) is 0 Å². The van der Waals surface area contributed by atoms with Crippen LogP contribution in [-0.2, 0) is 10.2 Å². The minimum absolute atomic E-state index is 0.0838. The first-order valence-corrected chi connectivity index (χ1v) is 11.5. The average molecular weight is 484 g/mol. The molecular formula is C25H26ClN3O3S. The van der Waals surface area contributed by atoms with Gasteiger partial charge in [-0.05, 0) is 61.0 Å². The zero-order valence-corrected chi connectivity index (χ0v) is 19.9.